The highest BCUT2D eigenvalue weighted by Crippen LogP contribution is 2.23. The average Bonchev–Trinajstić information content (AvgIpc) is 2.60. The third kappa shape index (κ3) is 4.97. The molecule has 25 heavy (non-hydrogen) atoms. The van der Waals surface area contributed by atoms with Crippen LogP contribution in [0.2, 0.25) is 0 Å². The van der Waals surface area contributed by atoms with Crippen molar-refractivity contribution in [1.82, 2.24) is 0 Å². The standard InChI is InChI=1S/C19H21NO5/c1-12(2)13-4-6-14(7-5-13)20-18(22)11-25-19(23)16-10-15(24-3)8-9-17(16)21/h4-10,12,21H,11H2,1-3H3,(H,20,22). The summed E-state index contributed by atoms with van der Waals surface area (Å²) < 4.78 is 9.93. The second-order valence-electron chi connectivity index (χ2n) is 5.78. The van der Waals surface area contributed by atoms with Crippen LogP contribution in [0.3, 0.4) is 0 Å². The van der Waals surface area contributed by atoms with Gasteiger partial charge in [-0.05, 0) is 41.8 Å². The zero-order valence-electron chi connectivity index (χ0n) is 14.4. The first-order valence-electron chi connectivity index (χ1n) is 7.84. The van der Waals surface area contributed by atoms with Crippen molar-refractivity contribution in [2.45, 2.75) is 19.8 Å². The Morgan fingerprint density at radius 1 is 1.12 bits per heavy atom. The summed E-state index contributed by atoms with van der Waals surface area (Å²) in [5.74, 6) is -0.703. The predicted octanol–water partition coefficient (Wildman–Crippen LogP) is 3.32. The Kier molecular flexibility index (Phi) is 6.00. The van der Waals surface area contributed by atoms with Crippen molar-refractivity contribution in [2.24, 2.45) is 0 Å². The molecule has 0 unspecified atom stereocenters. The van der Waals surface area contributed by atoms with Gasteiger partial charge in [0.05, 0.1) is 7.11 Å². The van der Waals surface area contributed by atoms with E-state index in [1.54, 1.807) is 12.1 Å². The fourth-order valence-electron chi connectivity index (χ4n) is 2.16. The lowest BCUT2D eigenvalue weighted by Crippen LogP contribution is -2.21. The first-order chi connectivity index (χ1) is 11.9. The van der Waals surface area contributed by atoms with Gasteiger partial charge in [0.15, 0.2) is 6.61 Å². The molecule has 0 aromatic heterocycles. The Hall–Kier alpha value is -3.02. The van der Waals surface area contributed by atoms with Crippen LogP contribution in [0.25, 0.3) is 0 Å². The van der Waals surface area contributed by atoms with Crippen molar-refractivity contribution < 1.29 is 24.2 Å². The third-order valence-corrected chi connectivity index (χ3v) is 3.62. The van der Waals surface area contributed by atoms with Gasteiger partial charge in [-0.1, -0.05) is 26.0 Å². The van der Waals surface area contributed by atoms with E-state index in [1.807, 2.05) is 12.1 Å². The molecule has 0 aliphatic carbocycles. The van der Waals surface area contributed by atoms with Gasteiger partial charge in [0.25, 0.3) is 5.91 Å². The minimum Gasteiger partial charge on any atom is -0.507 e. The molecule has 0 saturated carbocycles. The normalized spacial score (nSPS) is 10.4. The van der Waals surface area contributed by atoms with Crippen LogP contribution in [-0.2, 0) is 9.53 Å². The maximum atomic E-state index is 12.0. The number of hydrogen-bond donors (Lipinski definition) is 2. The van der Waals surface area contributed by atoms with Gasteiger partial charge < -0.3 is 19.9 Å². The van der Waals surface area contributed by atoms with Crippen LogP contribution in [0.5, 0.6) is 11.5 Å². The van der Waals surface area contributed by atoms with Gasteiger partial charge >= 0.3 is 5.97 Å². The van der Waals surface area contributed by atoms with E-state index in [1.165, 1.54) is 25.3 Å². The topological polar surface area (TPSA) is 84.9 Å². The molecule has 0 spiro atoms. The maximum Gasteiger partial charge on any atom is 0.342 e. The second kappa shape index (κ2) is 8.19. The minimum absolute atomic E-state index is 0.0616. The molecule has 0 saturated heterocycles. The number of aromatic hydroxyl groups is 1. The molecule has 0 atom stereocenters. The van der Waals surface area contributed by atoms with Crippen LogP contribution in [-0.4, -0.2) is 30.7 Å². The van der Waals surface area contributed by atoms with Crippen LogP contribution >= 0.6 is 0 Å². The molecule has 0 aliphatic rings. The SMILES string of the molecule is COc1ccc(O)c(C(=O)OCC(=O)Nc2ccc(C(C)C)cc2)c1. The Morgan fingerprint density at radius 2 is 1.80 bits per heavy atom. The Bertz CT molecular complexity index is 753. The van der Waals surface area contributed by atoms with Gasteiger partial charge in [-0.25, -0.2) is 4.79 Å². The second-order valence-corrected chi connectivity index (χ2v) is 5.78. The van der Waals surface area contributed by atoms with Gasteiger partial charge in [-0.15, -0.1) is 0 Å². The van der Waals surface area contributed by atoms with Crippen LogP contribution < -0.4 is 10.1 Å². The zero-order valence-corrected chi connectivity index (χ0v) is 14.4. The third-order valence-electron chi connectivity index (χ3n) is 3.62. The van der Waals surface area contributed by atoms with E-state index in [9.17, 15) is 14.7 Å². The summed E-state index contributed by atoms with van der Waals surface area (Å²) in [4.78, 5) is 23.9. The van der Waals surface area contributed by atoms with Crippen molar-refractivity contribution in [3.05, 3.63) is 53.6 Å². The number of phenols is 1. The Morgan fingerprint density at radius 3 is 2.40 bits per heavy atom. The molecule has 2 rings (SSSR count). The number of rotatable bonds is 6. The summed E-state index contributed by atoms with van der Waals surface area (Å²) in [6.07, 6.45) is 0. The fraction of sp³-hybridized carbons (Fsp3) is 0.263. The van der Waals surface area contributed by atoms with Gasteiger partial charge in [-0.3, -0.25) is 4.79 Å². The Balaban J connectivity index is 1.92. The molecule has 0 bridgehead atoms. The van der Waals surface area contributed by atoms with Crippen LogP contribution in [0.1, 0.15) is 35.7 Å². The van der Waals surface area contributed by atoms with E-state index in [2.05, 4.69) is 19.2 Å². The quantitative estimate of drug-likeness (QED) is 0.786. The molecule has 1 amide bonds. The lowest BCUT2D eigenvalue weighted by Gasteiger charge is -2.10. The first kappa shape index (κ1) is 18.3. The molecule has 0 fully saturated rings. The number of phenolic OH excluding ortho intramolecular Hbond substituents is 1. The van der Waals surface area contributed by atoms with Crippen LogP contribution in [0.15, 0.2) is 42.5 Å². The smallest absolute Gasteiger partial charge is 0.342 e. The summed E-state index contributed by atoms with van der Waals surface area (Å²) in [6.45, 7) is 3.71. The lowest BCUT2D eigenvalue weighted by atomic mass is 10.0. The highest BCUT2D eigenvalue weighted by molar-refractivity contribution is 5.97. The molecular weight excluding hydrogens is 322 g/mol. The highest BCUT2D eigenvalue weighted by Gasteiger charge is 2.15. The molecule has 0 radical (unpaired) electrons. The zero-order chi connectivity index (χ0) is 18.4. The van der Waals surface area contributed by atoms with Gasteiger partial charge in [0.1, 0.15) is 17.1 Å². The van der Waals surface area contributed by atoms with E-state index in [-0.39, 0.29) is 11.3 Å². The summed E-state index contributed by atoms with van der Waals surface area (Å²) >= 11 is 0. The molecule has 2 aromatic carbocycles. The largest absolute Gasteiger partial charge is 0.507 e. The van der Waals surface area contributed by atoms with Crippen LogP contribution in [0, 0.1) is 0 Å². The highest BCUT2D eigenvalue weighted by atomic mass is 16.5. The van der Waals surface area contributed by atoms with E-state index in [4.69, 9.17) is 9.47 Å². The number of anilines is 1. The van der Waals surface area contributed by atoms with Gasteiger partial charge in [-0.2, -0.15) is 0 Å². The number of benzene rings is 2. The fourth-order valence-corrected chi connectivity index (χ4v) is 2.16. The van der Waals surface area contributed by atoms with Crippen molar-refractivity contribution in [1.29, 1.82) is 0 Å². The molecule has 2 N–H and O–H groups in total. The monoisotopic (exact) mass is 343 g/mol. The molecular formula is C19H21NO5. The number of esters is 1. The molecule has 6 nitrogen and oxygen atoms in total. The maximum absolute atomic E-state index is 12.0. The number of nitrogens with one attached hydrogen (secondary N) is 1. The van der Waals surface area contributed by atoms with Crippen LogP contribution in [0.4, 0.5) is 5.69 Å². The summed E-state index contributed by atoms with van der Waals surface area (Å²) in [5, 5.41) is 12.4. The predicted molar refractivity (Wildman–Crippen MR) is 94.1 cm³/mol. The molecule has 6 heteroatoms. The minimum atomic E-state index is -0.804. The van der Waals surface area contributed by atoms with Crippen molar-refractivity contribution in [3.63, 3.8) is 0 Å². The molecule has 132 valence electrons. The molecule has 0 heterocycles. The van der Waals surface area contributed by atoms with E-state index < -0.39 is 18.5 Å². The van der Waals surface area contributed by atoms with Crippen molar-refractivity contribution in [2.75, 3.05) is 19.0 Å². The van der Waals surface area contributed by atoms with E-state index >= 15 is 0 Å². The number of carbonyl (C=O) groups is 2. The molecule has 0 aliphatic heterocycles. The number of amides is 1. The van der Waals surface area contributed by atoms with Crippen molar-refractivity contribution in [3.8, 4) is 11.5 Å². The number of carbonyl (C=O) groups excluding carboxylic acids is 2. The lowest BCUT2D eigenvalue weighted by molar-refractivity contribution is -0.119. The van der Waals surface area contributed by atoms with E-state index in [0.29, 0.717) is 17.4 Å². The number of ether oxygens (including phenoxy) is 2. The van der Waals surface area contributed by atoms with Crippen molar-refractivity contribution >= 4 is 17.6 Å². The van der Waals surface area contributed by atoms with Gasteiger partial charge in [0, 0.05) is 5.69 Å². The van der Waals surface area contributed by atoms with Gasteiger partial charge in [0.2, 0.25) is 0 Å². The summed E-state index contributed by atoms with van der Waals surface area (Å²) in [6, 6.07) is 11.6. The number of hydrogen-bond acceptors (Lipinski definition) is 5. The molecule has 2 aromatic rings. The average molecular weight is 343 g/mol. The Labute approximate surface area is 146 Å². The summed E-state index contributed by atoms with van der Waals surface area (Å²) in [7, 11) is 1.44. The number of methoxy groups -OCH3 is 1. The summed E-state index contributed by atoms with van der Waals surface area (Å²) in [5.41, 5.74) is 1.72. The first-order valence-corrected chi connectivity index (χ1v) is 7.84. The van der Waals surface area contributed by atoms with E-state index in [0.717, 1.165) is 5.56 Å².